The van der Waals surface area contributed by atoms with E-state index in [-0.39, 0.29) is 17.8 Å². The van der Waals surface area contributed by atoms with Crippen molar-refractivity contribution in [2.45, 2.75) is 13.0 Å². The largest absolute Gasteiger partial charge is 0.382 e. The van der Waals surface area contributed by atoms with Crippen molar-refractivity contribution in [1.82, 2.24) is 15.6 Å². The molecule has 19 heavy (non-hydrogen) atoms. The number of hydrogen-bond acceptors (Lipinski definition) is 6. The third-order valence-corrected chi connectivity index (χ3v) is 3.96. The predicted molar refractivity (Wildman–Crippen MR) is 77.4 cm³/mol. The molecule has 102 valence electrons. The van der Waals surface area contributed by atoms with Crippen molar-refractivity contribution >= 4 is 28.2 Å². The zero-order chi connectivity index (χ0) is 13.8. The molecule has 2 heterocycles. The third kappa shape index (κ3) is 3.16. The second kappa shape index (κ2) is 5.91. The van der Waals surface area contributed by atoms with E-state index in [2.05, 4.69) is 26.4 Å². The van der Waals surface area contributed by atoms with Gasteiger partial charge in [-0.25, -0.2) is 4.98 Å². The number of nitrogens with one attached hydrogen (secondary N) is 2. The molecule has 1 amide bonds. The molecule has 4 N–H and O–H groups in total. The lowest BCUT2D eigenvalue weighted by atomic mass is 10.3. The lowest BCUT2D eigenvalue weighted by Crippen LogP contribution is -2.43. The number of nitrogens with zero attached hydrogens (tertiary/aromatic N) is 2. The van der Waals surface area contributed by atoms with Crippen LogP contribution in [0.2, 0.25) is 0 Å². The number of thiazole rings is 1. The van der Waals surface area contributed by atoms with Crippen molar-refractivity contribution in [1.29, 1.82) is 0 Å². The molecule has 7 heteroatoms. The third-order valence-electron chi connectivity index (χ3n) is 2.83. The Morgan fingerprint density at radius 2 is 2.32 bits per heavy atom. The van der Waals surface area contributed by atoms with E-state index in [9.17, 15) is 4.79 Å². The summed E-state index contributed by atoms with van der Waals surface area (Å²) in [4.78, 5) is 18.8. The molecule has 1 aromatic heterocycles. The fourth-order valence-corrected chi connectivity index (χ4v) is 2.72. The van der Waals surface area contributed by atoms with Gasteiger partial charge in [-0.15, -0.1) is 6.42 Å². The first-order chi connectivity index (χ1) is 9.11. The fourth-order valence-electron chi connectivity index (χ4n) is 1.78. The number of carbonyl (C=O) groups is 1. The summed E-state index contributed by atoms with van der Waals surface area (Å²) in [7, 11) is 0. The quantitative estimate of drug-likeness (QED) is 0.672. The Morgan fingerprint density at radius 1 is 1.63 bits per heavy atom. The van der Waals surface area contributed by atoms with E-state index < -0.39 is 0 Å². The van der Waals surface area contributed by atoms with Gasteiger partial charge in [0.25, 0.3) is 5.91 Å². The van der Waals surface area contributed by atoms with E-state index >= 15 is 0 Å². The number of terminal acetylenes is 1. The molecule has 0 radical (unpaired) electrons. The molecule has 1 saturated heterocycles. The van der Waals surface area contributed by atoms with Gasteiger partial charge >= 0.3 is 0 Å². The number of nitrogen functional groups attached to an aromatic ring is 1. The molecular formula is C12H17N5OS. The van der Waals surface area contributed by atoms with E-state index in [1.807, 2.05) is 0 Å². The van der Waals surface area contributed by atoms with Gasteiger partial charge in [-0.05, 0) is 6.92 Å². The summed E-state index contributed by atoms with van der Waals surface area (Å²) in [5.74, 6) is 2.45. The number of carbonyl (C=O) groups excluding carboxylic acids is 1. The van der Waals surface area contributed by atoms with Gasteiger partial charge in [-0.1, -0.05) is 17.3 Å². The highest BCUT2D eigenvalue weighted by molar-refractivity contribution is 7.18. The van der Waals surface area contributed by atoms with Crippen LogP contribution in [0.15, 0.2) is 0 Å². The lowest BCUT2D eigenvalue weighted by molar-refractivity contribution is 0.0953. The van der Waals surface area contributed by atoms with Gasteiger partial charge in [0.1, 0.15) is 10.7 Å². The number of rotatable bonds is 3. The standard InChI is InChI=1S/C12H17N5OS/c1-3-8(2)15-11(18)9-10(13)16-12(19-9)17-6-4-14-5-7-17/h1,8,14H,4-7,13H2,2H3,(H,15,18). The molecular weight excluding hydrogens is 262 g/mol. The van der Waals surface area contributed by atoms with Crippen molar-refractivity contribution in [3.63, 3.8) is 0 Å². The topological polar surface area (TPSA) is 83.3 Å². The van der Waals surface area contributed by atoms with Crippen molar-refractivity contribution in [3.8, 4) is 12.3 Å². The van der Waals surface area contributed by atoms with Crippen molar-refractivity contribution in [3.05, 3.63) is 4.88 Å². The minimum atomic E-state index is -0.323. The highest BCUT2D eigenvalue weighted by Gasteiger charge is 2.21. The summed E-state index contributed by atoms with van der Waals surface area (Å²) in [5.41, 5.74) is 5.81. The first kappa shape index (κ1) is 13.6. The van der Waals surface area contributed by atoms with Crippen LogP contribution in [0.25, 0.3) is 0 Å². The molecule has 1 aliphatic rings. The number of aromatic nitrogens is 1. The lowest BCUT2D eigenvalue weighted by Gasteiger charge is -2.26. The molecule has 0 bridgehead atoms. The Morgan fingerprint density at radius 3 is 2.95 bits per heavy atom. The molecule has 2 rings (SSSR count). The van der Waals surface area contributed by atoms with Gasteiger partial charge in [0, 0.05) is 26.2 Å². The maximum Gasteiger partial charge on any atom is 0.266 e. The van der Waals surface area contributed by atoms with E-state index in [0.717, 1.165) is 31.3 Å². The maximum absolute atomic E-state index is 12.0. The van der Waals surface area contributed by atoms with Crippen molar-refractivity contribution < 1.29 is 4.79 Å². The van der Waals surface area contributed by atoms with Crippen LogP contribution in [-0.4, -0.2) is 43.1 Å². The van der Waals surface area contributed by atoms with E-state index in [1.54, 1.807) is 6.92 Å². The van der Waals surface area contributed by atoms with Crippen LogP contribution in [0.1, 0.15) is 16.6 Å². The Kier molecular flexibility index (Phi) is 4.24. The molecule has 0 aromatic carbocycles. The molecule has 0 aliphatic carbocycles. The Balaban J connectivity index is 2.12. The highest BCUT2D eigenvalue weighted by Crippen LogP contribution is 2.28. The van der Waals surface area contributed by atoms with E-state index in [4.69, 9.17) is 12.2 Å². The number of nitrogens with two attached hydrogens (primary N) is 1. The van der Waals surface area contributed by atoms with Crippen LogP contribution in [0.5, 0.6) is 0 Å². The zero-order valence-electron chi connectivity index (χ0n) is 10.8. The number of hydrogen-bond donors (Lipinski definition) is 3. The van der Waals surface area contributed by atoms with Crippen molar-refractivity contribution in [2.24, 2.45) is 0 Å². The predicted octanol–water partition coefficient (Wildman–Crippen LogP) is -0.114. The number of amides is 1. The molecule has 1 aromatic rings. The van der Waals surface area contributed by atoms with E-state index in [1.165, 1.54) is 11.3 Å². The molecule has 1 atom stereocenters. The smallest absolute Gasteiger partial charge is 0.266 e. The Labute approximate surface area is 116 Å². The van der Waals surface area contributed by atoms with Gasteiger partial charge in [0.05, 0.1) is 6.04 Å². The summed E-state index contributed by atoms with van der Waals surface area (Å²) in [6.45, 7) is 5.31. The molecule has 0 saturated carbocycles. The summed E-state index contributed by atoms with van der Waals surface area (Å²) in [5, 5.41) is 6.74. The SMILES string of the molecule is C#CC(C)NC(=O)c1sc(N2CCNCC2)nc1N. The van der Waals surface area contributed by atoms with E-state index in [0.29, 0.717) is 4.88 Å². The summed E-state index contributed by atoms with van der Waals surface area (Å²) in [6, 6.07) is -0.323. The first-order valence-electron chi connectivity index (χ1n) is 6.10. The fraction of sp³-hybridized carbons (Fsp3) is 0.500. The van der Waals surface area contributed by atoms with Crippen molar-refractivity contribution in [2.75, 3.05) is 36.8 Å². The monoisotopic (exact) mass is 279 g/mol. The second-order valence-corrected chi connectivity index (χ2v) is 5.29. The molecule has 1 aliphatic heterocycles. The normalized spacial score (nSPS) is 16.7. The first-order valence-corrected chi connectivity index (χ1v) is 6.92. The number of anilines is 2. The van der Waals surface area contributed by atoms with Gasteiger partial charge in [-0.3, -0.25) is 4.79 Å². The van der Waals surface area contributed by atoms with Crippen LogP contribution in [0, 0.1) is 12.3 Å². The molecule has 0 spiro atoms. The average Bonchev–Trinajstić information content (AvgIpc) is 2.81. The van der Waals surface area contributed by atoms with Crippen LogP contribution in [0.4, 0.5) is 10.9 Å². The summed E-state index contributed by atoms with van der Waals surface area (Å²) in [6.07, 6.45) is 5.24. The molecule has 1 unspecified atom stereocenters. The van der Waals surface area contributed by atoms with Gasteiger partial charge < -0.3 is 21.3 Å². The van der Waals surface area contributed by atoms with Crippen LogP contribution in [0.3, 0.4) is 0 Å². The minimum absolute atomic E-state index is 0.262. The summed E-state index contributed by atoms with van der Waals surface area (Å²) < 4.78 is 0. The highest BCUT2D eigenvalue weighted by atomic mass is 32.1. The Hall–Kier alpha value is -1.78. The molecule has 1 fully saturated rings. The number of piperazine rings is 1. The maximum atomic E-state index is 12.0. The van der Waals surface area contributed by atoms with Crippen LogP contribution < -0.4 is 21.3 Å². The van der Waals surface area contributed by atoms with Crippen LogP contribution >= 0.6 is 11.3 Å². The average molecular weight is 279 g/mol. The minimum Gasteiger partial charge on any atom is -0.382 e. The van der Waals surface area contributed by atoms with Gasteiger partial charge in [0.2, 0.25) is 0 Å². The Bertz CT molecular complexity index is 501. The zero-order valence-corrected chi connectivity index (χ0v) is 11.6. The summed E-state index contributed by atoms with van der Waals surface area (Å²) >= 11 is 1.31. The van der Waals surface area contributed by atoms with Crippen LogP contribution in [-0.2, 0) is 0 Å². The van der Waals surface area contributed by atoms with Gasteiger partial charge in [0.15, 0.2) is 5.13 Å². The molecule has 6 nitrogen and oxygen atoms in total. The second-order valence-electron chi connectivity index (χ2n) is 4.31. The van der Waals surface area contributed by atoms with Gasteiger partial charge in [-0.2, -0.15) is 0 Å².